The van der Waals surface area contributed by atoms with Gasteiger partial charge >= 0.3 is 12.3 Å². The van der Waals surface area contributed by atoms with E-state index in [0.717, 1.165) is 23.3 Å². The van der Waals surface area contributed by atoms with Crippen molar-refractivity contribution in [2.24, 2.45) is 0 Å². The first-order chi connectivity index (χ1) is 11.4. The van der Waals surface area contributed by atoms with Crippen molar-refractivity contribution in [3.05, 3.63) is 71.3 Å². The van der Waals surface area contributed by atoms with Crippen molar-refractivity contribution in [1.82, 2.24) is 5.32 Å². The van der Waals surface area contributed by atoms with Gasteiger partial charge in [0.25, 0.3) is 0 Å². The fourth-order valence-electron chi connectivity index (χ4n) is 2.56. The van der Waals surface area contributed by atoms with Crippen LogP contribution in [-0.2, 0) is 17.5 Å². The van der Waals surface area contributed by atoms with Crippen LogP contribution in [0.3, 0.4) is 0 Å². The Kier molecular flexibility index (Phi) is 4.46. The molecule has 126 valence electrons. The molecule has 1 saturated carbocycles. The van der Waals surface area contributed by atoms with Crippen LogP contribution in [0.4, 0.5) is 18.0 Å². The van der Waals surface area contributed by atoms with Gasteiger partial charge in [-0.1, -0.05) is 42.5 Å². The lowest BCUT2D eigenvalue weighted by atomic mass is 10.1. The maximum Gasteiger partial charge on any atom is 0.416 e. The molecule has 0 heterocycles. The molecule has 1 aliphatic carbocycles. The fraction of sp³-hybridized carbons (Fsp3) is 0.278. The predicted molar refractivity (Wildman–Crippen MR) is 82.4 cm³/mol. The lowest BCUT2D eigenvalue weighted by Crippen LogP contribution is -2.27. The molecule has 24 heavy (non-hydrogen) atoms. The minimum atomic E-state index is -4.33. The summed E-state index contributed by atoms with van der Waals surface area (Å²) in [5, 5.41) is 2.73. The van der Waals surface area contributed by atoms with Crippen LogP contribution >= 0.6 is 0 Å². The van der Waals surface area contributed by atoms with Crippen molar-refractivity contribution < 1.29 is 22.7 Å². The van der Waals surface area contributed by atoms with Gasteiger partial charge in [-0.3, -0.25) is 0 Å². The Labute approximate surface area is 137 Å². The SMILES string of the molecule is O=C(N[C@@H]1C[C@H]1c1ccc(C(F)(F)F)cc1)OCc1ccccc1. The topological polar surface area (TPSA) is 38.3 Å². The molecule has 0 aromatic heterocycles. The normalized spacial score (nSPS) is 19.6. The molecule has 0 radical (unpaired) electrons. The third-order valence-electron chi connectivity index (χ3n) is 3.97. The molecule has 3 nitrogen and oxygen atoms in total. The number of amides is 1. The smallest absolute Gasteiger partial charge is 0.416 e. The second kappa shape index (κ2) is 6.55. The van der Waals surface area contributed by atoms with Crippen LogP contribution in [0.15, 0.2) is 54.6 Å². The third-order valence-corrected chi connectivity index (χ3v) is 3.97. The van der Waals surface area contributed by atoms with Crippen molar-refractivity contribution in [3.8, 4) is 0 Å². The monoisotopic (exact) mass is 335 g/mol. The summed E-state index contributed by atoms with van der Waals surface area (Å²) in [7, 11) is 0. The Balaban J connectivity index is 1.48. The number of hydrogen-bond acceptors (Lipinski definition) is 2. The number of alkyl carbamates (subject to hydrolysis) is 1. The van der Waals surface area contributed by atoms with Gasteiger partial charge in [0.2, 0.25) is 0 Å². The van der Waals surface area contributed by atoms with Gasteiger partial charge in [-0.25, -0.2) is 4.79 Å². The average molecular weight is 335 g/mol. The Morgan fingerprint density at radius 2 is 1.75 bits per heavy atom. The van der Waals surface area contributed by atoms with Gasteiger partial charge in [0.1, 0.15) is 6.61 Å². The molecule has 1 N–H and O–H groups in total. The first kappa shape index (κ1) is 16.4. The highest BCUT2D eigenvalue weighted by Crippen LogP contribution is 2.41. The number of benzene rings is 2. The van der Waals surface area contributed by atoms with E-state index in [4.69, 9.17) is 4.74 Å². The maximum atomic E-state index is 12.5. The van der Waals surface area contributed by atoms with Crippen LogP contribution in [0.25, 0.3) is 0 Å². The number of hydrogen-bond donors (Lipinski definition) is 1. The number of rotatable bonds is 4. The molecule has 0 aliphatic heterocycles. The first-order valence-corrected chi connectivity index (χ1v) is 7.58. The van der Waals surface area contributed by atoms with E-state index in [0.29, 0.717) is 6.42 Å². The van der Waals surface area contributed by atoms with Gasteiger partial charge in [0.15, 0.2) is 0 Å². The zero-order valence-corrected chi connectivity index (χ0v) is 12.7. The zero-order chi connectivity index (χ0) is 17.2. The quantitative estimate of drug-likeness (QED) is 0.894. The van der Waals surface area contributed by atoms with Gasteiger partial charge in [0.05, 0.1) is 5.56 Å². The molecular formula is C18H16F3NO2. The highest BCUT2D eigenvalue weighted by Gasteiger charge is 2.40. The Morgan fingerprint density at radius 3 is 2.38 bits per heavy atom. The molecule has 1 amide bonds. The second-order valence-electron chi connectivity index (χ2n) is 5.77. The summed E-state index contributed by atoms with van der Waals surface area (Å²) < 4.78 is 42.7. The van der Waals surface area contributed by atoms with Crippen LogP contribution in [0.1, 0.15) is 29.0 Å². The standard InChI is InChI=1S/C18H16F3NO2/c19-18(20,21)14-8-6-13(7-9-14)15-10-16(15)22-17(23)24-11-12-4-2-1-3-5-12/h1-9,15-16H,10-11H2,(H,22,23)/t15-,16+/m0/s1. The van der Waals surface area contributed by atoms with Gasteiger partial charge < -0.3 is 10.1 Å². The summed E-state index contributed by atoms with van der Waals surface area (Å²) in [6.07, 6.45) is -4.15. The van der Waals surface area contributed by atoms with Gasteiger partial charge in [-0.05, 0) is 29.7 Å². The average Bonchev–Trinajstić information content (AvgIpc) is 3.32. The van der Waals surface area contributed by atoms with Crippen molar-refractivity contribution >= 4 is 6.09 Å². The van der Waals surface area contributed by atoms with Gasteiger partial charge in [-0.2, -0.15) is 13.2 Å². The number of alkyl halides is 3. The number of carbonyl (C=O) groups excluding carboxylic acids is 1. The van der Waals surface area contributed by atoms with Crippen molar-refractivity contribution in [2.75, 3.05) is 0 Å². The molecule has 3 rings (SSSR count). The largest absolute Gasteiger partial charge is 0.445 e. The summed E-state index contributed by atoms with van der Waals surface area (Å²) in [6.45, 7) is 0.185. The van der Waals surface area contributed by atoms with E-state index < -0.39 is 17.8 Å². The number of ether oxygens (including phenoxy) is 1. The minimum Gasteiger partial charge on any atom is -0.445 e. The number of nitrogens with one attached hydrogen (secondary N) is 1. The molecule has 2 atom stereocenters. The zero-order valence-electron chi connectivity index (χ0n) is 12.7. The van der Waals surface area contributed by atoms with Crippen LogP contribution in [0.2, 0.25) is 0 Å². The molecule has 0 spiro atoms. The highest BCUT2D eigenvalue weighted by atomic mass is 19.4. The van der Waals surface area contributed by atoms with E-state index in [1.165, 1.54) is 12.1 Å². The maximum absolute atomic E-state index is 12.5. The lowest BCUT2D eigenvalue weighted by Gasteiger charge is -2.08. The number of carbonyl (C=O) groups is 1. The van der Waals surface area contributed by atoms with E-state index in [1.54, 1.807) is 0 Å². The fourth-order valence-corrected chi connectivity index (χ4v) is 2.56. The molecule has 0 unspecified atom stereocenters. The molecule has 2 aromatic rings. The molecule has 6 heteroatoms. The predicted octanol–water partition coefficient (Wildman–Crippen LogP) is 4.49. The van der Waals surface area contributed by atoms with E-state index >= 15 is 0 Å². The van der Waals surface area contributed by atoms with Crippen LogP contribution in [-0.4, -0.2) is 12.1 Å². The molecular weight excluding hydrogens is 319 g/mol. The van der Waals surface area contributed by atoms with Gasteiger partial charge in [-0.15, -0.1) is 0 Å². The van der Waals surface area contributed by atoms with E-state index in [-0.39, 0.29) is 18.6 Å². The summed E-state index contributed by atoms with van der Waals surface area (Å²) in [5.74, 6) is 0.0385. The summed E-state index contributed by atoms with van der Waals surface area (Å²) in [5.41, 5.74) is 1.01. The lowest BCUT2D eigenvalue weighted by molar-refractivity contribution is -0.137. The summed E-state index contributed by atoms with van der Waals surface area (Å²) in [6, 6.07) is 14.3. The summed E-state index contributed by atoms with van der Waals surface area (Å²) >= 11 is 0. The Hall–Kier alpha value is -2.50. The number of halogens is 3. The molecule has 0 saturated heterocycles. The third kappa shape index (κ3) is 4.07. The van der Waals surface area contributed by atoms with E-state index in [9.17, 15) is 18.0 Å². The second-order valence-corrected chi connectivity index (χ2v) is 5.77. The van der Waals surface area contributed by atoms with Crippen LogP contribution in [0.5, 0.6) is 0 Å². The minimum absolute atomic E-state index is 0.0385. The molecule has 0 bridgehead atoms. The molecule has 1 aliphatic rings. The summed E-state index contributed by atoms with van der Waals surface area (Å²) in [4.78, 5) is 11.7. The van der Waals surface area contributed by atoms with Crippen molar-refractivity contribution in [3.63, 3.8) is 0 Å². The van der Waals surface area contributed by atoms with E-state index in [2.05, 4.69) is 5.32 Å². The van der Waals surface area contributed by atoms with E-state index in [1.807, 2.05) is 30.3 Å². The molecule has 1 fully saturated rings. The van der Waals surface area contributed by atoms with Crippen LogP contribution in [0, 0.1) is 0 Å². The first-order valence-electron chi connectivity index (χ1n) is 7.58. The molecule has 2 aromatic carbocycles. The van der Waals surface area contributed by atoms with Crippen molar-refractivity contribution in [2.45, 2.75) is 31.2 Å². The van der Waals surface area contributed by atoms with Crippen molar-refractivity contribution in [1.29, 1.82) is 0 Å². The van der Waals surface area contributed by atoms with Crippen LogP contribution < -0.4 is 5.32 Å². The highest BCUT2D eigenvalue weighted by molar-refractivity contribution is 5.68. The Bertz CT molecular complexity index is 698. The Morgan fingerprint density at radius 1 is 1.08 bits per heavy atom. The van der Waals surface area contributed by atoms with Gasteiger partial charge in [0, 0.05) is 12.0 Å².